The van der Waals surface area contributed by atoms with Gasteiger partial charge in [0.05, 0.1) is 6.47 Å². The second-order valence-electron chi connectivity index (χ2n) is 5.38. The van der Waals surface area contributed by atoms with Gasteiger partial charge in [0.2, 0.25) is 0 Å². The van der Waals surface area contributed by atoms with Crippen molar-refractivity contribution < 1.29 is 0 Å². The van der Waals surface area contributed by atoms with Gasteiger partial charge in [0.15, 0.2) is 0 Å². The smallest absolute Gasteiger partial charge is 0.0721 e. The zero-order valence-electron chi connectivity index (χ0n) is 8.34. The third-order valence-electron chi connectivity index (χ3n) is 3.97. The largest absolute Gasteiger partial charge is 0.0865 e. The van der Waals surface area contributed by atoms with Gasteiger partial charge in [-0.2, -0.15) is 0 Å². The van der Waals surface area contributed by atoms with E-state index >= 15 is 0 Å². The van der Waals surface area contributed by atoms with E-state index in [1.54, 1.807) is 0 Å². The summed E-state index contributed by atoms with van der Waals surface area (Å²) in [6, 6.07) is 0. The lowest BCUT2D eigenvalue weighted by Gasteiger charge is -2.17. The van der Waals surface area contributed by atoms with E-state index in [0.29, 0.717) is 10.8 Å². The maximum atomic E-state index is 3.72. The van der Waals surface area contributed by atoms with E-state index in [4.69, 9.17) is 0 Å². The predicted molar refractivity (Wildman–Crippen MR) is 75.9 cm³/mol. The van der Waals surface area contributed by atoms with E-state index in [0.717, 1.165) is 0 Å². The zero-order valence-corrected chi connectivity index (χ0v) is 14.7. The standard InChI is InChI=1S/C10H14Br4/c1-7(5-9(7,11)12)3-4-8(2)6-10(8,13)14/h3-6H2,1-2H3. The lowest BCUT2D eigenvalue weighted by atomic mass is 9.94. The van der Waals surface area contributed by atoms with Gasteiger partial charge in [-0.05, 0) is 36.5 Å². The third kappa shape index (κ3) is 1.91. The molecule has 0 nitrogen and oxygen atoms in total. The molecule has 0 aromatic rings. The van der Waals surface area contributed by atoms with Gasteiger partial charge in [-0.3, -0.25) is 0 Å². The fourth-order valence-corrected chi connectivity index (χ4v) is 5.25. The molecule has 2 saturated carbocycles. The van der Waals surface area contributed by atoms with Crippen molar-refractivity contribution in [2.45, 2.75) is 46.0 Å². The summed E-state index contributed by atoms with van der Waals surface area (Å²) in [5.41, 5.74) is 0.906. The van der Waals surface area contributed by atoms with Gasteiger partial charge in [-0.15, -0.1) is 0 Å². The Kier molecular flexibility index (Phi) is 2.86. The Morgan fingerprint density at radius 3 is 1.14 bits per heavy atom. The van der Waals surface area contributed by atoms with Crippen molar-refractivity contribution in [1.29, 1.82) is 0 Å². The molecule has 14 heavy (non-hydrogen) atoms. The lowest BCUT2D eigenvalue weighted by Crippen LogP contribution is -2.10. The Morgan fingerprint density at radius 2 is 1.00 bits per heavy atom. The molecule has 0 N–H and O–H groups in total. The number of rotatable bonds is 3. The monoisotopic (exact) mass is 450 g/mol. The SMILES string of the molecule is CC1(CCC2(C)CC2(Br)Br)CC1(Br)Br. The summed E-state index contributed by atoms with van der Waals surface area (Å²) in [5, 5.41) is 0. The normalized spacial score (nSPS) is 47.6. The first-order chi connectivity index (χ1) is 6.12. The van der Waals surface area contributed by atoms with Crippen LogP contribution in [0.15, 0.2) is 0 Å². The van der Waals surface area contributed by atoms with Crippen molar-refractivity contribution in [2.24, 2.45) is 10.8 Å². The number of alkyl halides is 4. The second-order valence-corrected chi connectivity index (χ2v) is 12.9. The van der Waals surface area contributed by atoms with Gasteiger partial charge in [0.1, 0.15) is 0 Å². The van der Waals surface area contributed by atoms with Crippen molar-refractivity contribution >= 4 is 63.7 Å². The maximum Gasteiger partial charge on any atom is 0.0865 e. The van der Waals surface area contributed by atoms with E-state index in [1.807, 2.05) is 0 Å². The molecule has 0 aromatic heterocycles. The van der Waals surface area contributed by atoms with Crippen LogP contribution in [-0.2, 0) is 0 Å². The van der Waals surface area contributed by atoms with Crippen LogP contribution in [0.2, 0.25) is 0 Å². The van der Waals surface area contributed by atoms with Crippen LogP contribution in [0.1, 0.15) is 39.5 Å². The first-order valence-corrected chi connectivity index (χ1v) is 8.05. The highest BCUT2D eigenvalue weighted by Gasteiger charge is 2.65. The molecule has 4 heteroatoms. The Labute approximate surface area is 119 Å². The van der Waals surface area contributed by atoms with Crippen molar-refractivity contribution in [3.63, 3.8) is 0 Å². The zero-order chi connectivity index (χ0) is 10.8. The average molecular weight is 454 g/mol. The first-order valence-electron chi connectivity index (χ1n) is 4.88. The van der Waals surface area contributed by atoms with Crippen molar-refractivity contribution in [3.8, 4) is 0 Å². The maximum absolute atomic E-state index is 3.72. The highest BCUT2D eigenvalue weighted by Crippen LogP contribution is 2.73. The minimum absolute atomic E-state index is 0.222. The minimum Gasteiger partial charge on any atom is -0.0721 e. The van der Waals surface area contributed by atoms with E-state index in [9.17, 15) is 0 Å². The number of halogens is 4. The molecular formula is C10H14Br4. The molecular weight excluding hydrogens is 440 g/mol. The quantitative estimate of drug-likeness (QED) is 0.491. The van der Waals surface area contributed by atoms with Crippen LogP contribution >= 0.6 is 63.7 Å². The van der Waals surface area contributed by atoms with E-state index in [1.165, 1.54) is 25.7 Å². The van der Waals surface area contributed by atoms with Crippen LogP contribution in [0, 0.1) is 10.8 Å². The molecule has 0 saturated heterocycles. The van der Waals surface area contributed by atoms with Crippen LogP contribution < -0.4 is 0 Å². The van der Waals surface area contributed by atoms with Crippen molar-refractivity contribution in [1.82, 2.24) is 0 Å². The predicted octanol–water partition coefficient (Wildman–Crippen LogP) is 5.56. The molecule has 0 radical (unpaired) electrons. The molecule has 82 valence electrons. The Morgan fingerprint density at radius 1 is 0.786 bits per heavy atom. The summed E-state index contributed by atoms with van der Waals surface area (Å²) in [6.45, 7) is 4.71. The number of hydrogen-bond acceptors (Lipinski definition) is 0. The molecule has 0 aromatic carbocycles. The molecule has 0 amide bonds. The summed E-state index contributed by atoms with van der Waals surface area (Å²) in [4.78, 5) is 0. The van der Waals surface area contributed by atoms with Crippen LogP contribution in [0.5, 0.6) is 0 Å². The van der Waals surface area contributed by atoms with E-state index in [2.05, 4.69) is 77.6 Å². The average Bonchev–Trinajstić information content (AvgIpc) is 2.66. The molecule has 2 aliphatic carbocycles. The topological polar surface area (TPSA) is 0 Å². The van der Waals surface area contributed by atoms with Crippen molar-refractivity contribution in [2.75, 3.05) is 0 Å². The summed E-state index contributed by atoms with van der Waals surface area (Å²) >= 11 is 14.9. The van der Waals surface area contributed by atoms with Gasteiger partial charge < -0.3 is 0 Å². The first kappa shape index (κ1) is 12.4. The molecule has 2 fully saturated rings. The second kappa shape index (κ2) is 3.23. The fourth-order valence-electron chi connectivity index (χ4n) is 1.99. The van der Waals surface area contributed by atoms with Gasteiger partial charge in [0, 0.05) is 0 Å². The van der Waals surface area contributed by atoms with Gasteiger partial charge in [-0.1, -0.05) is 77.6 Å². The molecule has 2 aliphatic rings. The summed E-state index contributed by atoms with van der Waals surface area (Å²) in [5.74, 6) is 0. The van der Waals surface area contributed by atoms with Gasteiger partial charge >= 0.3 is 0 Å². The van der Waals surface area contributed by atoms with Gasteiger partial charge in [-0.25, -0.2) is 0 Å². The summed E-state index contributed by atoms with van der Waals surface area (Å²) in [6.07, 6.45) is 5.07. The minimum atomic E-state index is 0.222. The number of hydrogen-bond donors (Lipinski definition) is 0. The third-order valence-corrected chi connectivity index (χ3v) is 8.92. The summed E-state index contributed by atoms with van der Waals surface area (Å²) in [7, 11) is 0. The molecule has 0 spiro atoms. The Bertz CT molecular complexity index is 245. The molecule has 2 atom stereocenters. The highest BCUT2D eigenvalue weighted by molar-refractivity contribution is 9.26. The molecule has 2 unspecified atom stereocenters. The molecule has 0 bridgehead atoms. The molecule has 0 aliphatic heterocycles. The Hall–Kier alpha value is 1.92. The summed E-state index contributed by atoms with van der Waals surface area (Å²) < 4.78 is 0.444. The van der Waals surface area contributed by atoms with Crippen LogP contribution in [0.3, 0.4) is 0 Å². The lowest BCUT2D eigenvalue weighted by molar-refractivity contribution is 0.404. The molecule has 0 heterocycles. The van der Waals surface area contributed by atoms with E-state index in [-0.39, 0.29) is 6.47 Å². The fraction of sp³-hybridized carbons (Fsp3) is 1.00. The Balaban J connectivity index is 1.86. The van der Waals surface area contributed by atoms with Crippen LogP contribution in [-0.4, -0.2) is 6.47 Å². The highest BCUT2D eigenvalue weighted by atomic mass is 79.9. The van der Waals surface area contributed by atoms with Crippen LogP contribution in [0.25, 0.3) is 0 Å². The van der Waals surface area contributed by atoms with E-state index < -0.39 is 0 Å². The van der Waals surface area contributed by atoms with Crippen LogP contribution in [0.4, 0.5) is 0 Å². The molecule has 2 rings (SSSR count). The van der Waals surface area contributed by atoms with Gasteiger partial charge in [0.25, 0.3) is 0 Å². The van der Waals surface area contributed by atoms with Crippen molar-refractivity contribution in [3.05, 3.63) is 0 Å².